The normalized spacial score (nSPS) is 13.9. The third-order valence-electron chi connectivity index (χ3n) is 2.67. The van der Waals surface area contributed by atoms with Crippen LogP contribution in [0.3, 0.4) is 0 Å². The number of hydrogen-bond acceptors (Lipinski definition) is 6. The van der Waals surface area contributed by atoms with Crippen molar-refractivity contribution in [3.63, 3.8) is 0 Å². The highest BCUT2D eigenvalue weighted by Gasteiger charge is 2.22. The van der Waals surface area contributed by atoms with Crippen molar-refractivity contribution in [3.05, 3.63) is 35.9 Å². The molecule has 0 saturated heterocycles. The molecule has 2 atom stereocenters. The van der Waals surface area contributed by atoms with Crippen molar-refractivity contribution in [3.8, 4) is 0 Å². The van der Waals surface area contributed by atoms with Crippen LogP contribution in [-0.2, 0) is 4.79 Å². The van der Waals surface area contributed by atoms with Gasteiger partial charge in [-0.1, -0.05) is 46.8 Å². The minimum atomic E-state index is -0.365. The number of benzene rings is 1. The lowest BCUT2D eigenvalue weighted by Gasteiger charge is -2.18. The zero-order valence-corrected chi connectivity index (χ0v) is 10.6. The van der Waals surface area contributed by atoms with Crippen molar-refractivity contribution >= 4 is 22.6 Å². The minimum absolute atomic E-state index is 0.190. The van der Waals surface area contributed by atoms with Crippen LogP contribution in [0.15, 0.2) is 30.3 Å². The molecular weight excluding hydrogens is 250 g/mol. The number of hydrogen-bond donors (Lipinski definition) is 2. The smallest absolute Gasteiger partial charge is 0.231 e. The summed E-state index contributed by atoms with van der Waals surface area (Å²) in [5.41, 5.74) is 6.99. The standard InChI is InChI=1S/C11H13N5OS/c1-7(9(12)8-5-3-2-4-6-8)10(17)13-11-14-15-16-18-11/h2-7,9H,12H2,1H3,(H,13,14,16,17). The number of anilines is 1. The average molecular weight is 263 g/mol. The molecule has 94 valence electrons. The Bertz CT molecular complexity index is 501. The highest BCUT2D eigenvalue weighted by molar-refractivity contribution is 7.09. The number of amides is 1. The minimum Gasteiger partial charge on any atom is -0.323 e. The predicted octanol–water partition coefficient (Wildman–Crippen LogP) is 1.21. The van der Waals surface area contributed by atoms with E-state index in [-0.39, 0.29) is 17.9 Å². The molecule has 2 unspecified atom stereocenters. The first-order chi connectivity index (χ1) is 8.68. The molecule has 6 nitrogen and oxygen atoms in total. The van der Waals surface area contributed by atoms with E-state index in [1.807, 2.05) is 30.3 Å². The molecule has 1 amide bonds. The Hall–Kier alpha value is -1.86. The number of nitrogens with one attached hydrogen (secondary N) is 1. The van der Waals surface area contributed by atoms with E-state index in [1.165, 1.54) is 0 Å². The second-order valence-corrected chi connectivity index (χ2v) is 4.61. The maximum absolute atomic E-state index is 11.9. The summed E-state index contributed by atoms with van der Waals surface area (Å²) in [4.78, 5) is 11.9. The van der Waals surface area contributed by atoms with E-state index in [0.717, 1.165) is 17.1 Å². The number of nitrogens with two attached hydrogens (primary N) is 1. The third-order valence-corrected chi connectivity index (χ3v) is 3.18. The Morgan fingerprint density at radius 1 is 1.39 bits per heavy atom. The lowest BCUT2D eigenvalue weighted by atomic mass is 9.95. The summed E-state index contributed by atoms with van der Waals surface area (Å²) in [6, 6.07) is 9.16. The van der Waals surface area contributed by atoms with Gasteiger partial charge in [0.2, 0.25) is 11.0 Å². The Labute approximate surface area is 108 Å². The largest absolute Gasteiger partial charge is 0.323 e. The van der Waals surface area contributed by atoms with Crippen LogP contribution < -0.4 is 11.1 Å². The molecule has 0 aliphatic heterocycles. The van der Waals surface area contributed by atoms with Gasteiger partial charge in [-0.3, -0.25) is 10.1 Å². The molecule has 1 aromatic carbocycles. The first-order valence-electron chi connectivity index (χ1n) is 5.45. The van der Waals surface area contributed by atoms with E-state index in [1.54, 1.807) is 6.92 Å². The summed E-state index contributed by atoms with van der Waals surface area (Å²) in [5, 5.41) is 10.1. The molecule has 0 saturated carbocycles. The van der Waals surface area contributed by atoms with E-state index >= 15 is 0 Å². The van der Waals surface area contributed by atoms with Gasteiger partial charge in [0.1, 0.15) is 0 Å². The molecule has 18 heavy (non-hydrogen) atoms. The Kier molecular flexibility index (Phi) is 3.96. The van der Waals surface area contributed by atoms with E-state index < -0.39 is 0 Å². The summed E-state index contributed by atoms with van der Waals surface area (Å²) in [6.45, 7) is 1.78. The molecule has 0 radical (unpaired) electrons. The van der Waals surface area contributed by atoms with Crippen molar-refractivity contribution in [1.29, 1.82) is 0 Å². The van der Waals surface area contributed by atoms with Crippen LogP contribution in [0.2, 0.25) is 0 Å². The zero-order valence-electron chi connectivity index (χ0n) is 9.78. The Morgan fingerprint density at radius 2 is 2.11 bits per heavy atom. The van der Waals surface area contributed by atoms with Crippen LogP contribution in [0.25, 0.3) is 0 Å². The van der Waals surface area contributed by atoms with Crippen molar-refractivity contribution < 1.29 is 4.79 Å². The third kappa shape index (κ3) is 2.88. The fraction of sp³-hybridized carbons (Fsp3) is 0.273. The molecule has 0 spiro atoms. The number of rotatable bonds is 4. The number of carbonyl (C=O) groups excluding carboxylic acids is 1. The average Bonchev–Trinajstić information content (AvgIpc) is 2.91. The van der Waals surface area contributed by atoms with Crippen LogP contribution in [0, 0.1) is 5.92 Å². The summed E-state index contributed by atoms with van der Waals surface area (Å²) in [6.07, 6.45) is 0. The van der Waals surface area contributed by atoms with E-state index in [4.69, 9.17) is 5.73 Å². The molecule has 0 bridgehead atoms. The van der Waals surface area contributed by atoms with Gasteiger partial charge in [0.05, 0.1) is 5.92 Å². The molecule has 0 aliphatic rings. The lowest BCUT2D eigenvalue weighted by Crippen LogP contribution is -2.30. The van der Waals surface area contributed by atoms with Crippen LogP contribution in [0.4, 0.5) is 5.13 Å². The van der Waals surface area contributed by atoms with E-state index in [2.05, 4.69) is 20.1 Å². The SMILES string of the molecule is CC(C(=O)Nc1nnns1)C(N)c1ccccc1. The fourth-order valence-electron chi connectivity index (χ4n) is 1.53. The molecular formula is C11H13N5OS. The first-order valence-corrected chi connectivity index (χ1v) is 6.22. The van der Waals surface area contributed by atoms with Crippen molar-refractivity contribution in [2.75, 3.05) is 5.32 Å². The van der Waals surface area contributed by atoms with Crippen molar-refractivity contribution in [2.45, 2.75) is 13.0 Å². The van der Waals surface area contributed by atoms with Gasteiger partial charge in [0, 0.05) is 17.6 Å². The number of aromatic nitrogens is 3. The Balaban J connectivity index is 2.02. The summed E-state index contributed by atoms with van der Waals surface area (Å²) < 4.78 is 3.57. The zero-order chi connectivity index (χ0) is 13.0. The second kappa shape index (κ2) is 5.65. The first kappa shape index (κ1) is 12.6. The summed E-state index contributed by atoms with van der Waals surface area (Å²) >= 11 is 1.03. The highest BCUT2D eigenvalue weighted by atomic mass is 32.1. The maximum Gasteiger partial charge on any atom is 0.231 e. The lowest BCUT2D eigenvalue weighted by molar-refractivity contribution is -0.120. The van der Waals surface area contributed by atoms with Crippen molar-refractivity contribution in [2.24, 2.45) is 11.7 Å². The summed E-state index contributed by atoms with van der Waals surface area (Å²) in [7, 11) is 0. The van der Waals surface area contributed by atoms with Gasteiger partial charge in [-0.15, -0.1) is 0 Å². The summed E-state index contributed by atoms with van der Waals surface area (Å²) in [5.74, 6) is -0.554. The van der Waals surface area contributed by atoms with Gasteiger partial charge in [-0.2, -0.15) is 0 Å². The molecule has 7 heteroatoms. The van der Waals surface area contributed by atoms with Gasteiger partial charge in [0.15, 0.2) is 0 Å². The Morgan fingerprint density at radius 3 is 2.72 bits per heavy atom. The van der Waals surface area contributed by atoms with Crippen molar-refractivity contribution in [1.82, 2.24) is 14.8 Å². The molecule has 3 N–H and O–H groups in total. The van der Waals surface area contributed by atoms with Crippen LogP contribution in [0.5, 0.6) is 0 Å². The van der Waals surface area contributed by atoms with Gasteiger partial charge in [-0.05, 0) is 10.8 Å². The van der Waals surface area contributed by atoms with E-state index in [9.17, 15) is 4.79 Å². The van der Waals surface area contributed by atoms with Crippen LogP contribution in [0.1, 0.15) is 18.5 Å². The van der Waals surface area contributed by atoms with Crippen LogP contribution in [-0.4, -0.2) is 20.7 Å². The molecule has 2 rings (SSSR count). The molecule has 2 aromatic rings. The van der Waals surface area contributed by atoms with E-state index in [0.29, 0.717) is 5.13 Å². The second-order valence-electron chi connectivity index (χ2n) is 3.88. The van der Waals surface area contributed by atoms with Gasteiger partial charge >= 0.3 is 0 Å². The molecule has 1 heterocycles. The number of nitrogens with zero attached hydrogens (tertiary/aromatic N) is 3. The van der Waals surface area contributed by atoms with Crippen LogP contribution >= 0.6 is 11.5 Å². The fourth-order valence-corrected chi connectivity index (χ4v) is 1.90. The van der Waals surface area contributed by atoms with Gasteiger partial charge in [0.25, 0.3) is 0 Å². The van der Waals surface area contributed by atoms with Gasteiger partial charge < -0.3 is 5.73 Å². The monoisotopic (exact) mass is 263 g/mol. The molecule has 0 aliphatic carbocycles. The predicted molar refractivity (Wildman–Crippen MR) is 68.9 cm³/mol. The topological polar surface area (TPSA) is 93.8 Å². The number of carbonyl (C=O) groups is 1. The van der Waals surface area contributed by atoms with Gasteiger partial charge in [-0.25, -0.2) is 0 Å². The highest BCUT2D eigenvalue weighted by Crippen LogP contribution is 2.20. The molecule has 0 fully saturated rings. The maximum atomic E-state index is 11.9. The quantitative estimate of drug-likeness (QED) is 0.864. The molecule has 1 aromatic heterocycles.